The Labute approximate surface area is 99.2 Å². The minimum atomic E-state index is -0.493. The van der Waals surface area contributed by atoms with Crippen LogP contribution in [0.5, 0.6) is 0 Å². The third-order valence-corrected chi connectivity index (χ3v) is 2.20. The molecule has 2 nitrogen and oxygen atoms in total. The van der Waals surface area contributed by atoms with Crippen LogP contribution in [0.2, 0.25) is 0 Å². The van der Waals surface area contributed by atoms with Gasteiger partial charge >= 0.3 is 27.0 Å². The van der Waals surface area contributed by atoms with Crippen LogP contribution in [0.3, 0.4) is 0 Å². The van der Waals surface area contributed by atoms with Crippen molar-refractivity contribution in [1.82, 2.24) is 0 Å². The van der Waals surface area contributed by atoms with Gasteiger partial charge in [-0.25, -0.2) is 0 Å². The quantitative estimate of drug-likeness (QED) is 0.581. The summed E-state index contributed by atoms with van der Waals surface area (Å²) in [5.74, 6) is 0. The number of halogens is 1. The van der Waals surface area contributed by atoms with Gasteiger partial charge in [-0.2, -0.15) is 0 Å². The number of rotatable bonds is 0. The van der Waals surface area contributed by atoms with Crippen molar-refractivity contribution in [3.8, 4) is 0 Å². The van der Waals surface area contributed by atoms with E-state index in [1.165, 1.54) is 0 Å². The van der Waals surface area contributed by atoms with Crippen LogP contribution in [0.15, 0.2) is 24.3 Å². The smallest absolute Gasteiger partial charge is 0.0459 e. The molecule has 0 saturated carbocycles. The molecule has 14 heavy (non-hydrogen) atoms. The Morgan fingerprint density at radius 3 is 2.50 bits per heavy atom. The van der Waals surface area contributed by atoms with Gasteiger partial charge in [0.25, 0.3) is 0 Å². The second-order valence-corrected chi connectivity index (χ2v) is 2.95. The fourth-order valence-corrected chi connectivity index (χ4v) is 1.57. The molecule has 0 aromatic heterocycles. The van der Waals surface area contributed by atoms with Crippen LogP contribution in [0.1, 0.15) is 17.2 Å². The van der Waals surface area contributed by atoms with Crippen LogP contribution in [-0.2, 0) is 23.7 Å². The molecule has 4 heteroatoms. The zero-order chi connectivity index (χ0) is 9.84. The number of aliphatic hydroxyl groups is 1. The maximum atomic E-state index is 9.33. The van der Waals surface area contributed by atoms with Crippen molar-refractivity contribution < 1.29 is 22.4 Å². The molecule has 2 atom stereocenters. The second-order valence-electron chi connectivity index (χ2n) is 2.95. The van der Waals surface area contributed by atoms with Gasteiger partial charge in [0.05, 0.1) is 0 Å². The molecule has 0 fully saturated rings. The largest absolute Gasteiger partial charge is 0.669 e. The predicted molar refractivity (Wildman–Crippen MR) is 55.5 cm³/mol. The first-order valence-electron chi connectivity index (χ1n) is 3.89. The van der Waals surface area contributed by atoms with Crippen molar-refractivity contribution in [1.29, 1.82) is 0 Å². The molecular formula is C10H13ClNORu. The first-order chi connectivity index (χ1) is 6.29. The molecule has 1 aromatic rings. The molecule has 0 amide bonds. The van der Waals surface area contributed by atoms with Crippen LogP contribution in [-0.4, -0.2) is 11.2 Å². The van der Waals surface area contributed by atoms with E-state index < -0.39 is 12.1 Å². The first kappa shape index (κ1) is 14.1. The molecule has 0 saturated heterocycles. The maximum absolute atomic E-state index is 9.33. The van der Waals surface area contributed by atoms with Gasteiger partial charge < -0.3 is 18.3 Å². The summed E-state index contributed by atoms with van der Waals surface area (Å²) >= 11 is 1.82. The topological polar surface area (TPSA) is 44.0 Å². The van der Waals surface area contributed by atoms with E-state index in [4.69, 9.17) is 5.73 Å². The van der Waals surface area contributed by atoms with Crippen molar-refractivity contribution in [2.75, 3.05) is 0 Å². The van der Waals surface area contributed by atoms with Crippen molar-refractivity contribution in [3.63, 3.8) is 0 Å². The number of aliphatic hydroxyl groups excluding tert-OH is 1. The van der Waals surface area contributed by atoms with E-state index >= 15 is 0 Å². The van der Waals surface area contributed by atoms with E-state index in [2.05, 4.69) is 9.69 Å². The van der Waals surface area contributed by atoms with Crippen molar-refractivity contribution >= 4 is 9.69 Å². The van der Waals surface area contributed by atoms with Crippen molar-refractivity contribution in [2.45, 2.75) is 18.6 Å². The van der Waals surface area contributed by atoms with E-state index in [-0.39, 0.29) is 7.43 Å². The van der Waals surface area contributed by atoms with Crippen molar-refractivity contribution in [2.24, 2.45) is 0 Å². The van der Waals surface area contributed by atoms with Gasteiger partial charge in [0.15, 0.2) is 0 Å². The van der Waals surface area contributed by atoms with Crippen LogP contribution in [0, 0.1) is 7.43 Å². The summed E-state index contributed by atoms with van der Waals surface area (Å²) in [4.78, 5) is 0. The Bertz CT molecular complexity index is 283. The SMILES string of the molecule is [CH3-].[Cl][Ru+2].[NH-]C1c2ccccc2CC1O. The molecular weight excluding hydrogens is 287 g/mol. The van der Waals surface area contributed by atoms with E-state index in [0.29, 0.717) is 6.42 Å². The molecule has 2 rings (SSSR count). The molecule has 0 bridgehead atoms. The Morgan fingerprint density at radius 1 is 1.36 bits per heavy atom. The molecule has 0 aliphatic heterocycles. The third-order valence-electron chi connectivity index (χ3n) is 2.20. The van der Waals surface area contributed by atoms with Gasteiger partial charge in [-0.05, 0) is 12.0 Å². The van der Waals surface area contributed by atoms with E-state index in [1.807, 2.05) is 41.6 Å². The Morgan fingerprint density at radius 2 is 1.93 bits per heavy atom. The molecule has 1 aromatic carbocycles. The summed E-state index contributed by atoms with van der Waals surface area (Å²) in [7, 11) is 4.57. The maximum Gasteiger partial charge on any atom is 0.0459 e. The number of hydrogen-bond acceptors (Lipinski definition) is 1. The summed E-state index contributed by atoms with van der Waals surface area (Å²) in [6, 6.07) is 7.34. The molecule has 0 spiro atoms. The van der Waals surface area contributed by atoms with Crippen LogP contribution >= 0.6 is 9.69 Å². The van der Waals surface area contributed by atoms with E-state index in [0.717, 1.165) is 11.1 Å². The summed E-state index contributed by atoms with van der Waals surface area (Å²) in [5.41, 5.74) is 9.68. The van der Waals surface area contributed by atoms with Crippen LogP contribution in [0.25, 0.3) is 5.73 Å². The summed E-state index contributed by atoms with van der Waals surface area (Å²) in [5, 5.41) is 9.33. The fourth-order valence-electron chi connectivity index (χ4n) is 1.57. The third kappa shape index (κ3) is 2.77. The zero-order valence-electron chi connectivity index (χ0n) is 7.85. The van der Waals surface area contributed by atoms with Crippen molar-refractivity contribution in [3.05, 3.63) is 48.6 Å². The fraction of sp³-hybridized carbons (Fsp3) is 0.300. The Balaban J connectivity index is 0.000000531. The molecule has 0 radical (unpaired) electrons. The van der Waals surface area contributed by atoms with E-state index in [9.17, 15) is 5.11 Å². The number of nitrogens with one attached hydrogen (secondary N) is 1. The van der Waals surface area contributed by atoms with E-state index in [1.54, 1.807) is 0 Å². The average molecular weight is 300 g/mol. The number of fused-ring (bicyclic) bond motifs is 1. The zero-order valence-corrected chi connectivity index (χ0v) is 10.3. The minimum absolute atomic E-state index is 0. The molecule has 1 aliphatic rings. The molecule has 0 heterocycles. The Hall–Kier alpha value is 0.0534. The van der Waals surface area contributed by atoms with Gasteiger partial charge in [-0.1, -0.05) is 35.9 Å². The second kappa shape index (κ2) is 6.52. The first-order valence-corrected chi connectivity index (χ1v) is 6.13. The standard InChI is InChI=1S/C9H10NO.CH3.ClH.Ru/c10-9-7-4-2-1-3-6(7)5-8(9)11;;;/h1-4,8-11H,5H2;1H3;1H;/q2*-1;;+3/p-1. The van der Waals surface area contributed by atoms with Crippen LogP contribution < -0.4 is 0 Å². The molecule has 1 aliphatic carbocycles. The minimum Gasteiger partial charge on any atom is -0.669 e. The number of benzene rings is 1. The van der Waals surface area contributed by atoms with Gasteiger partial charge in [0.2, 0.25) is 0 Å². The van der Waals surface area contributed by atoms with Crippen LogP contribution in [0.4, 0.5) is 0 Å². The summed E-state index contributed by atoms with van der Waals surface area (Å²) in [6.07, 6.45) is 0.150. The van der Waals surface area contributed by atoms with Gasteiger partial charge in [-0.15, -0.1) is 0 Å². The number of hydrogen-bond donors (Lipinski definition) is 1. The molecule has 2 unspecified atom stereocenters. The monoisotopic (exact) mass is 300 g/mol. The van der Waals surface area contributed by atoms with Gasteiger partial charge in [-0.3, -0.25) is 0 Å². The average Bonchev–Trinajstić information content (AvgIpc) is 2.47. The molecule has 79 valence electrons. The van der Waals surface area contributed by atoms with Gasteiger partial charge in [0, 0.05) is 6.10 Å². The molecule has 2 N–H and O–H groups in total. The summed E-state index contributed by atoms with van der Waals surface area (Å²) in [6.45, 7) is 0. The summed E-state index contributed by atoms with van der Waals surface area (Å²) < 4.78 is 0. The van der Waals surface area contributed by atoms with Gasteiger partial charge in [0.1, 0.15) is 0 Å². The Kier molecular flexibility index (Phi) is 6.55. The normalized spacial score (nSPS) is 22.8. The predicted octanol–water partition coefficient (Wildman–Crippen LogP) is 2.83.